The van der Waals surface area contributed by atoms with E-state index in [1.807, 2.05) is 9.47 Å². The van der Waals surface area contributed by atoms with E-state index in [0.717, 1.165) is 50.7 Å². The van der Waals surface area contributed by atoms with Gasteiger partial charge in [0.1, 0.15) is 17.0 Å². The Bertz CT molecular complexity index is 1960. The fraction of sp³-hybridized carbons (Fsp3) is 0.344. The second-order valence-electron chi connectivity index (χ2n) is 11.3. The number of nitrogens with zero attached hydrogens (tertiary/aromatic N) is 5. The number of rotatable bonds is 6. The van der Waals surface area contributed by atoms with Crippen LogP contribution >= 0.6 is 0 Å². The highest BCUT2D eigenvalue weighted by Gasteiger charge is 2.35. The Hall–Kier alpha value is -4.78. The second-order valence-corrected chi connectivity index (χ2v) is 11.3. The van der Waals surface area contributed by atoms with Crippen molar-refractivity contribution >= 4 is 45.9 Å². The predicted molar refractivity (Wildman–Crippen MR) is 162 cm³/mol. The van der Waals surface area contributed by atoms with Crippen LogP contribution in [0.15, 0.2) is 58.0 Å². The van der Waals surface area contributed by atoms with Crippen LogP contribution in [0.5, 0.6) is 0 Å². The van der Waals surface area contributed by atoms with E-state index in [1.165, 1.54) is 30.5 Å². The number of anilines is 3. The molecule has 0 unspecified atom stereocenters. The van der Waals surface area contributed by atoms with E-state index in [-0.39, 0.29) is 45.3 Å². The molecule has 0 atom stereocenters. The van der Waals surface area contributed by atoms with Gasteiger partial charge in [-0.1, -0.05) is 18.9 Å². The van der Waals surface area contributed by atoms with Crippen molar-refractivity contribution in [2.75, 3.05) is 36.5 Å². The highest BCUT2D eigenvalue weighted by atomic mass is 19.4. The number of hydrogen-bond acceptors (Lipinski definition) is 9. The average molecular weight is 619 g/mol. The molecule has 5 aromatic rings. The number of carbonyl (C=O) groups is 1. The van der Waals surface area contributed by atoms with Crippen LogP contribution in [-0.2, 0) is 10.9 Å². The van der Waals surface area contributed by atoms with E-state index in [1.54, 1.807) is 6.07 Å². The van der Waals surface area contributed by atoms with Crippen LogP contribution in [0.1, 0.15) is 54.2 Å². The van der Waals surface area contributed by atoms with Gasteiger partial charge in [0.25, 0.3) is 0 Å². The number of pyridine rings is 1. The van der Waals surface area contributed by atoms with E-state index in [2.05, 4.69) is 20.3 Å². The van der Waals surface area contributed by atoms with Crippen molar-refractivity contribution < 1.29 is 27.1 Å². The van der Waals surface area contributed by atoms with Crippen molar-refractivity contribution in [1.82, 2.24) is 19.5 Å². The zero-order valence-corrected chi connectivity index (χ0v) is 24.1. The van der Waals surface area contributed by atoms with Crippen molar-refractivity contribution in [2.45, 2.75) is 44.3 Å². The molecule has 5 heterocycles. The first-order chi connectivity index (χ1) is 21.8. The van der Waals surface area contributed by atoms with Crippen molar-refractivity contribution in [2.24, 2.45) is 0 Å². The molecule has 1 aliphatic heterocycles. The molecule has 1 aliphatic carbocycles. The molecule has 1 aromatic carbocycles. The van der Waals surface area contributed by atoms with Gasteiger partial charge < -0.3 is 23.9 Å². The summed E-state index contributed by atoms with van der Waals surface area (Å²) in [7, 11) is 0. The average Bonchev–Trinajstić information content (AvgIpc) is 3.59. The topological polar surface area (TPSA) is 115 Å². The van der Waals surface area contributed by atoms with Crippen molar-refractivity contribution in [3.05, 3.63) is 70.3 Å². The summed E-state index contributed by atoms with van der Waals surface area (Å²) in [6.07, 6.45) is 3.42. The van der Waals surface area contributed by atoms with Crippen LogP contribution in [0.25, 0.3) is 33.1 Å². The van der Waals surface area contributed by atoms with E-state index in [0.29, 0.717) is 48.9 Å². The summed E-state index contributed by atoms with van der Waals surface area (Å²) < 4.78 is 56.7. The second kappa shape index (κ2) is 11.6. The lowest BCUT2D eigenvalue weighted by molar-refractivity contribution is -0.137. The summed E-state index contributed by atoms with van der Waals surface area (Å²) in [5.74, 6) is 0.308. The maximum atomic E-state index is 14.4. The number of hydrogen-bond donors (Lipinski definition) is 1. The van der Waals surface area contributed by atoms with Gasteiger partial charge >= 0.3 is 6.18 Å². The summed E-state index contributed by atoms with van der Waals surface area (Å²) in [4.78, 5) is 39.6. The first kappa shape index (κ1) is 29.0. The molecule has 13 heteroatoms. The SMILES string of the molecule is O=Cc1cc2cnc(Nc3cc(C(F)(F)F)c(-c4ccc5c(=O)cc(N6CCCOCC6)oc5c4)cn3)nc2n1C1CCCC1. The number of nitrogens with one attached hydrogen (secondary N) is 1. The third kappa shape index (κ3) is 5.63. The minimum Gasteiger partial charge on any atom is -0.440 e. The molecule has 1 N–H and O–H groups in total. The monoisotopic (exact) mass is 618 g/mol. The molecule has 232 valence electrons. The van der Waals surface area contributed by atoms with Gasteiger partial charge in [0.2, 0.25) is 5.95 Å². The zero-order valence-electron chi connectivity index (χ0n) is 24.1. The maximum absolute atomic E-state index is 14.4. The van der Waals surface area contributed by atoms with Crippen LogP contribution in [0.3, 0.4) is 0 Å². The summed E-state index contributed by atoms with van der Waals surface area (Å²) in [5, 5.41) is 3.74. The maximum Gasteiger partial charge on any atom is 0.417 e. The van der Waals surface area contributed by atoms with Crippen LogP contribution in [-0.4, -0.2) is 52.1 Å². The third-order valence-electron chi connectivity index (χ3n) is 8.43. The van der Waals surface area contributed by atoms with Gasteiger partial charge in [0.15, 0.2) is 17.6 Å². The van der Waals surface area contributed by atoms with Gasteiger partial charge in [-0.3, -0.25) is 9.59 Å². The summed E-state index contributed by atoms with van der Waals surface area (Å²) in [6.45, 7) is 2.25. The lowest BCUT2D eigenvalue weighted by atomic mass is 10.00. The number of aromatic nitrogens is 4. The molecule has 2 aliphatic rings. The number of halogens is 3. The van der Waals surface area contributed by atoms with Crippen LogP contribution in [0, 0.1) is 0 Å². The van der Waals surface area contributed by atoms with E-state index < -0.39 is 11.7 Å². The number of benzene rings is 1. The van der Waals surface area contributed by atoms with Gasteiger partial charge in [0, 0.05) is 55.1 Å². The molecule has 0 bridgehead atoms. The van der Waals surface area contributed by atoms with Crippen LogP contribution in [0.4, 0.5) is 30.8 Å². The number of alkyl halides is 3. The minimum atomic E-state index is -4.72. The highest BCUT2D eigenvalue weighted by molar-refractivity contribution is 5.87. The first-order valence-corrected chi connectivity index (χ1v) is 14.9. The standard InChI is InChI=1S/C32H29F3N6O4/c33-32(34,35)25-14-28(38-31-37-16-20-12-22(18-42)41(30(20)39-31)21-4-1-2-5-21)36-17-24(25)19-6-7-23-26(43)15-29(45-27(23)13-19)40-8-3-10-44-11-9-40/h6-7,12-18,21H,1-5,8-11H2,(H,36,37,38,39). The number of carbonyl (C=O) groups excluding carboxylic acids is 1. The fourth-order valence-electron chi connectivity index (χ4n) is 6.26. The van der Waals surface area contributed by atoms with E-state index >= 15 is 0 Å². The lowest BCUT2D eigenvalue weighted by Crippen LogP contribution is -2.26. The molecule has 2 fully saturated rings. The number of ether oxygens (including phenoxy) is 1. The molecule has 4 aromatic heterocycles. The Morgan fingerprint density at radius 3 is 2.62 bits per heavy atom. The Balaban J connectivity index is 1.24. The Labute approximate surface area is 254 Å². The molecule has 10 nitrogen and oxygen atoms in total. The largest absolute Gasteiger partial charge is 0.440 e. The fourth-order valence-corrected chi connectivity index (χ4v) is 6.26. The molecular weight excluding hydrogens is 589 g/mol. The smallest absolute Gasteiger partial charge is 0.417 e. The van der Waals surface area contributed by atoms with Crippen molar-refractivity contribution in [1.29, 1.82) is 0 Å². The van der Waals surface area contributed by atoms with E-state index in [9.17, 15) is 22.8 Å². The van der Waals surface area contributed by atoms with Crippen molar-refractivity contribution in [3.8, 4) is 11.1 Å². The molecular formula is C32H29F3N6O4. The van der Waals surface area contributed by atoms with Gasteiger partial charge in [-0.25, -0.2) is 9.97 Å². The molecule has 7 rings (SSSR count). The normalized spacial score (nSPS) is 16.4. The molecule has 0 amide bonds. The zero-order chi connectivity index (χ0) is 31.1. The summed E-state index contributed by atoms with van der Waals surface area (Å²) in [5.41, 5.74) is 0.0179. The van der Waals surface area contributed by atoms with Crippen LogP contribution < -0.4 is 15.6 Å². The Kier molecular flexibility index (Phi) is 7.48. The number of fused-ring (bicyclic) bond motifs is 2. The van der Waals surface area contributed by atoms with Crippen molar-refractivity contribution in [3.63, 3.8) is 0 Å². The quantitative estimate of drug-likeness (QED) is 0.213. The molecule has 1 saturated heterocycles. The minimum absolute atomic E-state index is 0.0598. The Morgan fingerprint density at radius 1 is 0.978 bits per heavy atom. The molecule has 45 heavy (non-hydrogen) atoms. The number of aldehydes is 1. The third-order valence-corrected chi connectivity index (χ3v) is 8.43. The van der Waals surface area contributed by atoms with Gasteiger partial charge in [-0.05, 0) is 49.1 Å². The summed E-state index contributed by atoms with van der Waals surface area (Å²) >= 11 is 0. The highest BCUT2D eigenvalue weighted by Crippen LogP contribution is 2.39. The lowest BCUT2D eigenvalue weighted by Gasteiger charge is -2.20. The summed E-state index contributed by atoms with van der Waals surface area (Å²) in [6, 6.07) is 8.51. The van der Waals surface area contributed by atoms with Gasteiger partial charge in [-0.15, -0.1) is 0 Å². The first-order valence-electron chi connectivity index (χ1n) is 14.9. The molecule has 1 saturated carbocycles. The molecule has 0 radical (unpaired) electrons. The van der Waals surface area contributed by atoms with Gasteiger partial charge in [-0.2, -0.15) is 18.2 Å². The molecule has 0 spiro atoms. The van der Waals surface area contributed by atoms with E-state index in [4.69, 9.17) is 9.15 Å². The Morgan fingerprint density at radius 2 is 1.82 bits per heavy atom. The van der Waals surface area contributed by atoms with Gasteiger partial charge in [0.05, 0.1) is 23.3 Å². The van der Waals surface area contributed by atoms with Crippen LogP contribution in [0.2, 0.25) is 0 Å². The predicted octanol–water partition coefficient (Wildman–Crippen LogP) is 6.52.